The van der Waals surface area contributed by atoms with Gasteiger partial charge >= 0.3 is 0 Å². The summed E-state index contributed by atoms with van der Waals surface area (Å²) in [6.07, 6.45) is 3.20. The van der Waals surface area contributed by atoms with E-state index in [9.17, 15) is 4.79 Å². The van der Waals surface area contributed by atoms with Crippen molar-refractivity contribution in [1.82, 2.24) is 0 Å². The van der Waals surface area contributed by atoms with Crippen molar-refractivity contribution in [3.8, 4) is 5.75 Å². The second kappa shape index (κ2) is 9.22. The Morgan fingerprint density at radius 1 is 1.03 bits per heavy atom. The van der Waals surface area contributed by atoms with Gasteiger partial charge in [-0.25, -0.2) is 0 Å². The number of allylic oxidation sites excluding steroid dienone is 1. The highest BCUT2D eigenvalue weighted by Crippen LogP contribution is 2.44. The van der Waals surface area contributed by atoms with Gasteiger partial charge in [-0.3, -0.25) is 4.79 Å². The molecule has 0 atom stereocenters. The summed E-state index contributed by atoms with van der Waals surface area (Å²) in [6, 6.07) is 23.0. The number of nitrogens with one attached hydrogen (secondary N) is 1. The zero-order valence-corrected chi connectivity index (χ0v) is 19.4. The molecule has 2 heterocycles. The summed E-state index contributed by atoms with van der Waals surface area (Å²) >= 11 is 7.74. The lowest BCUT2D eigenvalue weighted by molar-refractivity contribution is 0.104. The van der Waals surface area contributed by atoms with Gasteiger partial charge in [-0.05, 0) is 85.3 Å². The van der Waals surface area contributed by atoms with Crippen LogP contribution in [-0.4, -0.2) is 5.78 Å². The third-order valence-electron chi connectivity index (χ3n) is 5.23. The summed E-state index contributed by atoms with van der Waals surface area (Å²) in [5.74, 6) is 1.90. The minimum absolute atomic E-state index is 0.0886. The maximum atomic E-state index is 12.7. The van der Waals surface area contributed by atoms with E-state index < -0.39 is 0 Å². The summed E-state index contributed by atoms with van der Waals surface area (Å²) in [5, 5.41) is 4.11. The highest BCUT2D eigenvalue weighted by Gasteiger charge is 2.16. The molecule has 0 radical (unpaired) electrons. The molecule has 5 rings (SSSR count). The average molecular weight is 474 g/mol. The lowest BCUT2D eigenvalue weighted by Crippen LogP contribution is -2.02. The van der Waals surface area contributed by atoms with Crippen molar-refractivity contribution in [3.05, 3.63) is 107 Å². The maximum absolute atomic E-state index is 12.7. The predicted octanol–water partition coefficient (Wildman–Crippen LogP) is 7.92. The van der Waals surface area contributed by atoms with Crippen LogP contribution in [0.2, 0.25) is 5.02 Å². The van der Waals surface area contributed by atoms with Crippen LogP contribution in [-0.2, 0) is 6.61 Å². The van der Waals surface area contributed by atoms with Gasteiger partial charge in [0.15, 0.2) is 5.78 Å². The minimum atomic E-state index is -0.0886. The van der Waals surface area contributed by atoms with E-state index in [0.717, 1.165) is 27.6 Å². The van der Waals surface area contributed by atoms with E-state index in [-0.39, 0.29) is 5.78 Å². The number of benzene rings is 3. The monoisotopic (exact) mass is 473 g/mol. The zero-order chi connectivity index (χ0) is 22.8. The molecule has 0 saturated heterocycles. The molecular formula is C27H20ClNO3S. The van der Waals surface area contributed by atoms with Crippen molar-refractivity contribution >= 4 is 46.6 Å². The van der Waals surface area contributed by atoms with Gasteiger partial charge in [0.1, 0.15) is 23.9 Å². The molecule has 0 amide bonds. The van der Waals surface area contributed by atoms with E-state index in [1.165, 1.54) is 11.0 Å². The van der Waals surface area contributed by atoms with Gasteiger partial charge in [0.2, 0.25) is 0 Å². The highest BCUT2D eigenvalue weighted by atomic mass is 35.5. The van der Waals surface area contributed by atoms with Crippen molar-refractivity contribution in [3.63, 3.8) is 0 Å². The number of furan rings is 1. The molecule has 0 unspecified atom stereocenters. The van der Waals surface area contributed by atoms with Crippen LogP contribution in [0.25, 0.3) is 6.08 Å². The number of hydrogen-bond acceptors (Lipinski definition) is 5. The number of para-hydroxylation sites is 1. The Hall–Kier alpha value is -3.41. The van der Waals surface area contributed by atoms with E-state index >= 15 is 0 Å². The Labute approximate surface area is 201 Å². The molecule has 1 aromatic heterocycles. The molecule has 164 valence electrons. The Kier molecular flexibility index (Phi) is 5.99. The van der Waals surface area contributed by atoms with E-state index in [0.29, 0.717) is 28.7 Å². The fraction of sp³-hybridized carbons (Fsp3) is 0.0741. The van der Waals surface area contributed by atoms with Crippen molar-refractivity contribution in [2.24, 2.45) is 0 Å². The number of fused-ring (bicyclic) bond motifs is 2. The zero-order valence-electron chi connectivity index (χ0n) is 17.8. The van der Waals surface area contributed by atoms with Crippen LogP contribution in [0.1, 0.15) is 27.4 Å². The SMILES string of the molecule is Cc1cc(OCc2ccc(/C=C/C(=O)c3ccc4c(c3)Nc3ccccc3S4)o2)ccc1Cl. The number of ketones is 1. The molecule has 0 aliphatic carbocycles. The topological polar surface area (TPSA) is 51.5 Å². The van der Waals surface area contributed by atoms with Crippen LogP contribution < -0.4 is 10.1 Å². The summed E-state index contributed by atoms with van der Waals surface area (Å²) in [7, 11) is 0. The summed E-state index contributed by atoms with van der Waals surface area (Å²) < 4.78 is 11.5. The number of rotatable bonds is 6. The number of anilines is 2. The van der Waals surface area contributed by atoms with Crippen LogP contribution in [0.4, 0.5) is 11.4 Å². The molecule has 33 heavy (non-hydrogen) atoms. The first kappa shape index (κ1) is 21.4. The van der Waals surface area contributed by atoms with Crippen LogP contribution in [0.3, 0.4) is 0 Å². The first-order valence-electron chi connectivity index (χ1n) is 10.4. The number of carbonyl (C=O) groups excluding carboxylic acids is 1. The lowest BCUT2D eigenvalue weighted by atomic mass is 10.1. The lowest BCUT2D eigenvalue weighted by Gasteiger charge is -2.20. The number of ether oxygens (including phenoxy) is 1. The van der Waals surface area contributed by atoms with Gasteiger partial charge in [-0.1, -0.05) is 35.5 Å². The molecule has 0 bridgehead atoms. The molecule has 1 aliphatic heterocycles. The summed E-state index contributed by atoms with van der Waals surface area (Å²) in [4.78, 5) is 15.0. The molecule has 0 fully saturated rings. The quantitative estimate of drug-likeness (QED) is 0.200. The van der Waals surface area contributed by atoms with Crippen molar-refractivity contribution in [1.29, 1.82) is 0 Å². The summed E-state index contributed by atoms with van der Waals surface area (Å²) in [6.45, 7) is 2.22. The average Bonchev–Trinajstić information content (AvgIpc) is 3.29. The van der Waals surface area contributed by atoms with Gasteiger partial charge in [-0.2, -0.15) is 0 Å². The standard InChI is InChI=1S/C27H20ClNO3S/c1-17-14-20(9-11-22(17)28)31-16-21-8-7-19(32-21)10-12-25(30)18-6-13-27-24(15-18)29-23-4-2-3-5-26(23)33-27/h2-15,29H,16H2,1H3/b12-10+. The normalized spacial score (nSPS) is 12.2. The third-order valence-corrected chi connectivity index (χ3v) is 6.81. The molecule has 0 spiro atoms. The van der Waals surface area contributed by atoms with Crippen LogP contribution in [0.5, 0.6) is 5.75 Å². The molecule has 6 heteroatoms. The Morgan fingerprint density at radius 3 is 2.76 bits per heavy atom. The Morgan fingerprint density at radius 2 is 1.88 bits per heavy atom. The minimum Gasteiger partial charge on any atom is -0.486 e. The van der Waals surface area contributed by atoms with E-state index in [2.05, 4.69) is 11.4 Å². The summed E-state index contributed by atoms with van der Waals surface area (Å²) in [5.41, 5.74) is 3.56. The first-order valence-corrected chi connectivity index (χ1v) is 11.6. The molecule has 1 aliphatic rings. The third kappa shape index (κ3) is 4.85. The van der Waals surface area contributed by atoms with Crippen LogP contribution in [0.15, 0.2) is 93.1 Å². The fourth-order valence-corrected chi connectivity index (χ4v) is 4.56. The van der Waals surface area contributed by atoms with Gasteiger partial charge in [0.05, 0.1) is 11.4 Å². The Bertz CT molecular complexity index is 1380. The number of aryl methyl sites for hydroxylation is 1. The maximum Gasteiger partial charge on any atom is 0.186 e. The van der Waals surface area contributed by atoms with Crippen molar-refractivity contribution in [2.75, 3.05) is 5.32 Å². The second-order valence-electron chi connectivity index (χ2n) is 7.64. The first-order chi connectivity index (χ1) is 16.0. The molecule has 1 N–H and O–H groups in total. The number of hydrogen-bond donors (Lipinski definition) is 1. The van der Waals surface area contributed by atoms with Gasteiger partial charge in [0.25, 0.3) is 0 Å². The Balaban J connectivity index is 1.23. The number of carbonyl (C=O) groups is 1. The van der Waals surface area contributed by atoms with Gasteiger partial charge in [0, 0.05) is 20.4 Å². The smallest absolute Gasteiger partial charge is 0.186 e. The van der Waals surface area contributed by atoms with Gasteiger partial charge in [-0.15, -0.1) is 0 Å². The molecular weight excluding hydrogens is 454 g/mol. The fourth-order valence-electron chi connectivity index (χ4n) is 3.47. The van der Waals surface area contributed by atoms with Crippen molar-refractivity contribution in [2.45, 2.75) is 23.3 Å². The highest BCUT2D eigenvalue weighted by molar-refractivity contribution is 7.99. The van der Waals surface area contributed by atoms with E-state index in [4.69, 9.17) is 20.8 Å². The van der Waals surface area contributed by atoms with Gasteiger partial charge < -0.3 is 14.5 Å². The molecule has 3 aromatic carbocycles. The van der Waals surface area contributed by atoms with E-state index in [1.807, 2.05) is 73.7 Å². The second-order valence-corrected chi connectivity index (χ2v) is 9.13. The molecule has 0 saturated carbocycles. The molecule has 4 nitrogen and oxygen atoms in total. The van der Waals surface area contributed by atoms with E-state index in [1.54, 1.807) is 17.8 Å². The largest absolute Gasteiger partial charge is 0.486 e. The van der Waals surface area contributed by atoms with Crippen LogP contribution >= 0.6 is 23.4 Å². The number of halogens is 1. The molecule has 4 aromatic rings. The van der Waals surface area contributed by atoms with Crippen molar-refractivity contribution < 1.29 is 13.9 Å². The van der Waals surface area contributed by atoms with Crippen LogP contribution in [0, 0.1) is 6.92 Å². The predicted molar refractivity (Wildman–Crippen MR) is 133 cm³/mol.